The Hall–Kier alpha value is -2.62. The first-order valence-corrected chi connectivity index (χ1v) is 6.63. The normalized spacial score (nSPS) is 10.0. The van der Waals surface area contributed by atoms with Gasteiger partial charge in [-0.3, -0.25) is 9.59 Å². The van der Waals surface area contributed by atoms with Crippen LogP contribution in [0.5, 0.6) is 5.75 Å². The van der Waals surface area contributed by atoms with Crippen molar-refractivity contribution in [2.24, 2.45) is 0 Å². The summed E-state index contributed by atoms with van der Waals surface area (Å²) in [6, 6.07) is 12.4. The van der Waals surface area contributed by atoms with Crippen molar-refractivity contribution < 1.29 is 14.3 Å². The van der Waals surface area contributed by atoms with Crippen molar-refractivity contribution in [3.05, 3.63) is 59.2 Å². The van der Waals surface area contributed by atoms with Gasteiger partial charge in [-0.15, -0.1) is 0 Å². The Kier molecular flexibility index (Phi) is 4.72. The number of rotatable bonds is 5. The number of anilines is 1. The summed E-state index contributed by atoms with van der Waals surface area (Å²) in [6.07, 6.45) is 0.761. The molecule has 0 aliphatic carbocycles. The SMILES string of the molecule is Cc1ccc(NC(=O)COc2ccc(C=O)cc2)c(C)c1. The van der Waals surface area contributed by atoms with Gasteiger partial charge in [0.1, 0.15) is 12.0 Å². The van der Waals surface area contributed by atoms with Gasteiger partial charge in [0.2, 0.25) is 0 Å². The van der Waals surface area contributed by atoms with Crippen LogP contribution in [-0.4, -0.2) is 18.8 Å². The summed E-state index contributed by atoms with van der Waals surface area (Å²) < 4.78 is 5.38. The van der Waals surface area contributed by atoms with Crippen molar-refractivity contribution in [3.63, 3.8) is 0 Å². The van der Waals surface area contributed by atoms with Gasteiger partial charge in [-0.05, 0) is 49.7 Å². The van der Waals surface area contributed by atoms with Crippen molar-refractivity contribution >= 4 is 17.9 Å². The van der Waals surface area contributed by atoms with E-state index in [9.17, 15) is 9.59 Å². The molecule has 0 aliphatic rings. The molecule has 0 heterocycles. The minimum Gasteiger partial charge on any atom is -0.484 e. The maximum atomic E-state index is 11.9. The Morgan fingerprint density at radius 1 is 1.14 bits per heavy atom. The molecule has 2 aromatic rings. The zero-order valence-corrected chi connectivity index (χ0v) is 12.1. The van der Waals surface area contributed by atoms with E-state index in [0.29, 0.717) is 11.3 Å². The van der Waals surface area contributed by atoms with E-state index in [1.807, 2.05) is 32.0 Å². The lowest BCUT2D eigenvalue weighted by molar-refractivity contribution is -0.118. The van der Waals surface area contributed by atoms with Crippen LogP contribution in [0.2, 0.25) is 0 Å². The summed E-state index contributed by atoms with van der Waals surface area (Å²) in [5, 5.41) is 2.81. The smallest absolute Gasteiger partial charge is 0.262 e. The number of benzene rings is 2. The summed E-state index contributed by atoms with van der Waals surface area (Å²) in [5.41, 5.74) is 3.52. The van der Waals surface area contributed by atoms with E-state index in [4.69, 9.17) is 4.74 Å². The molecule has 0 unspecified atom stereocenters. The molecule has 0 bridgehead atoms. The summed E-state index contributed by atoms with van der Waals surface area (Å²) in [4.78, 5) is 22.4. The number of ether oxygens (including phenoxy) is 1. The van der Waals surface area contributed by atoms with Gasteiger partial charge in [-0.25, -0.2) is 0 Å². The lowest BCUT2D eigenvalue weighted by atomic mass is 10.1. The third-order valence-electron chi connectivity index (χ3n) is 3.04. The highest BCUT2D eigenvalue weighted by atomic mass is 16.5. The molecule has 21 heavy (non-hydrogen) atoms. The molecular weight excluding hydrogens is 266 g/mol. The van der Waals surface area contributed by atoms with Crippen LogP contribution in [0.25, 0.3) is 0 Å². The van der Waals surface area contributed by atoms with Gasteiger partial charge in [0.25, 0.3) is 5.91 Å². The van der Waals surface area contributed by atoms with E-state index >= 15 is 0 Å². The number of aryl methyl sites for hydroxylation is 2. The fraction of sp³-hybridized carbons (Fsp3) is 0.176. The Morgan fingerprint density at radius 3 is 2.48 bits per heavy atom. The van der Waals surface area contributed by atoms with E-state index in [-0.39, 0.29) is 12.5 Å². The van der Waals surface area contributed by atoms with Crippen LogP contribution in [0.3, 0.4) is 0 Å². The van der Waals surface area contributed by atoms with E-state index in [1.54, 1.807) is 24.3 Å². The van der Waals surface area contributed by atoms with Crippen molar-refractivity contribution in [1.82, 2.24) is 0 Å². The van der Waals surface area contributed by atoms with Gasteiger partial charge in [-0.2, -0.15) is 0 Å². The molecule has 0 spiro atoms. The second-order valence-electron chi connectivity index (χ2n) is 4.84. The maximum absolute atomic E-state index is 11.9. The second-order valence-corrected chi connectivity index (χ2v) is 4.84. The average Bonchev–Trinajstić information content (AvgIpc) is 2.48. The molecule has 4 heteroatoms. The number of hydrogen-bond donors (Lipinski definition) is 1. The monoisotopic (exact) mass is 283 g/mol. The zero-order valence-electron chi connectivity index (χ0n) is 12.1. The molecule has 0 atom stereocenters. The van der Waals surface area contributed by atoms with Crippen LogP contribution in [0.1, 0.15) is 21.5 Å². The van der Waals surface area contributed by atoms with Gasteiger partial charge >= 0.3 is 0 Å². The molecule has 0 aliphatic heterocycles. The number of amides is 1. The minimum absolute atomic E-state index is 0.0756. The van der Waals surface area contributed by atoms with Gasteiger partial charge in [0, 0.05) is 11.3 Å². The van der Waals surface area contributed by atoms with Crippen LogP contribution in [0, 0.1) is 13.8 Å². The Bertz CT molecular complexity index is 648. The van der Waals surface area contributed by atoms with Crippen LogP contribution in [0.4, 0.5) is 5.69 Å². The molecule has 2 rings (SSSR count). The highest BCUT2D eigenvalue weighted by molar-refractivity contribution is 5.92. The van der Waals surface area contributed by atoms with Gasteiger partial charge < -0.3 is 10.1 Å². The molecule has 1 N–H and O–H groups in total. The predicted octanol–water partition coefficient (Wildman–Crippen LogP) is 3.13. The number of hydrogen-bond acceptors (Lipinski definition) is 3. The molecule has 108 valence electrons. The van der Waals surface area contributed by atoms with Gasteiger partial charge in [-0.1, -0.05) is 17.7 Å². The van der Waals surface area contributed by atoms with E-state index in [1.165, 1.54) is 0 Å². The van der Waals surface area contributed by atoms with Crippen molar-refractivity contribution in [3.8, 4) is 5.75 Å². The first-order valence-electron chi connectivity index (χ1n) is 6.63. The average molecular weight is 283 g/mol. The minimum atomic E-state index is -0.221. The van der Waals surface area contributed by atoms with E-state index < -0.39 is 0 Å². The first kappa shape index (κ1) is 14.8. The number of carbonyl (C=O) groups is 2. The lowest BCUT2D eigenvalue weighted by Gasteiger charge is -2.10. The molecular formula is C17H17NO3. The van der Waals surface area contributed by atoms with E-state index in [2.05, 4.69) is 5.32 Å². The van der Waals surface area contributed by atoms with Crippen LogP contribution in [-0.2, 0) is 4.79 Å². The van der Waals surface area contributed by atoms with E-state index in [0.717, 1.165) is 23.1 Å². The lowest BCUT2D eigenvalue weighted by Crippen LogP contribution is -2.20. The van der Waals surface area contributed by atoms with Crippen molar-refractivity contribution in [1.29, 1.82) is 0 Å². The molecule has 1 amide bonds. The summed E-state index contributed by atoms with van der Waals surface area (Å²) in [5.74, 6) is 0.331. The molecule has 0 saturated carbocycles. The Balaban J connectivity index is 1.90. The molecule has 0 radical (unpaired) electrons. The topological polar surface area (TPSA) is 55.4 Å². The molecule has 2 aromatic carbocycles. The van der Waals surface area contributed by atoms with Crippen LogP contribution < -0.4 is 10.1 Å². The highest BCUT2D eigenvalue weighted by Crippen LogP contribution is 2.16. The molecule has 0 aromatic heterocycles. The Labute approximate surface area is 123 Å². The highest BCUT2D eigenvalue weighted by Gasteiger charge is 2.06. The quantitative estimate of drug-likeness (QED) is 0.858. The fourth-order valence-corrected chi connectivity index (χ4v) is 1.93. The first-order chi connectivity index (χ1) is 10.1. The molecule has 0 fully saturated rings. The third-order valence-corrected chi connectivity index (χ3v) is 3.04. The van der Waals surface area contributed by atoms with Gasteiger partial charge in [0.05, 0.1) is 0 Å². The van der Waals surface area contributed by atoms with Crippen molar-refractivity contribution in [2.75, 3.05) is 11.9 Å². The van der Waals surface area contributed by atoms with Crippen LogP contribution in [0.15, 0.2) is 42.5 Å². The third kappa shape index (κ3) is 4.18. The second kappa shape index (κ2) is 6.70. The summed E-state index contributed by atoms with van der Waals surface area (Å²) in [6.45, 7) is 3.88. The zero-order chi connectivity index (χ0) is 15.2. The predicted molar refractivity (Wildman–Crippen MR) is 81.9 cm³/mol. The number of nitrogens with one attached hydrogen (secondary N) is 1. The van der Waals surface area contributed by atoms with Crippen LogP contribution >= 0.6 is 0 Å². The largest absolute Gasteiger partial charge is 0.484 e. The number of aldehydes is 1. The summed E-state index contributed by atoms with van der Waals surface area (Å²) in [7, 11) is 0. The standard InChI is InChI=1S/C17H17NO3/c1-12-3-8-16(13(2)9-12)18-17(20)11-21-15-6-4-14(10-19)5-7-15/h3-10H,11H2,1-2H3,(H,18,20). The maximum Gasteiger partial charge on any atom is 0.262 e. The fourth-order valence-electron chi connectivity index (χ4n) is 1.93. The Morgan fingerprint density at radius 2 is 1.86 bits per heavy atom. The van der Waals surface area contributed by atoms with Gasteiger partial charge in [0.15, 0.2) is 6.61 Å². The number of carbonyl (C=O) groups excluding carboxylic acids is 2. The molecule has 0 saturated heterocycles. The summed E-state index contributed by atoms with van der Waals surface area (Å²) >= 11 is 0. The molecule has 4 nitrogen and oxygen atoms in total. The van der Waals surface area contributed by atoms with Crippen molar-refractivity contribution in [2.45, 2.75) is 13.8 Å².